The molecule has 1 aromatic carbocycles. The van der Waals surface area contributed by atoms with Crippen LogP contribution in [0, 0.1) is 12.7 Å². The zero-order valence-corrected chi connectivity index (χ0v) is 9.24. The molecule has 1 aromatic heterocycles. The molecule has 0 aliphatic rings. The third kappa shape index (κ3) is 2.03. The van der Waals surface area contributed by atoms with Crippen LogP contribution in [0.3, 0.4) is 0 Å². The van der Waals surface area contributed by atoms with Crippen LogP contribution in [0.4, 0.5) is 10.1 Å². The second-order valence-corrected chi connectivity index (χ2v) is 3.59. The zero-order valence-electron chi connectivity index (χ0n) is 9.24. The fourth-order valence-electron chi connectivity index (χ4n) is 1.44. The van der Waals surface area contributed by atoms with Gasteiger partial charge in [-0.3, -0.25) is 4.68 Å². The molecule has 0 unspecified atom stereocenters. The number of aryl methyl sites for hydroxylation is 2. The fraction of sp³-hybridized carbons (Fsp3) is 0.273. The normalized spacial score (nSPS) is 10.4. The number of benzene rings is 1. The molecule has 2 rings (SSSR count). The van der Waals surface area contributed by atoms with Gasteiger partial charge in [0.2, 0.25) is 0 Å². The van der Waals surface area contributed by atoms with Gasteiger partial charge in [-0.2, -0.15) is 5.10 Å². The number of nitrogens with zero attached hydrogens (tertiary/aromatic N) is 3. The van der Waals surface area contributed by atoms with Gasteiger partial charge in [0.1, 0.15) is 18.0 Å². The van der Waals surface area contributed by atoms with E-state index < -0.39 is 0 Å². The summed E-state index contributed by atoms with van der Waals surface area (Å²) in [5.74, 6) is 0.547. The molecule has 16 heavy (non-hydrogen) atoms. The Hall–Kier alpha value is -1.91. The van der Waals surface area contributed by atoms with E-state index in [1.165, 1.54) is 6.33 Å². The van der Waals surface area contributed by atoms with E-state index in [2.05, 4.69) is 15.4 Å². The van der Waals surface area contributed by atoms with Crippen LogP contribution in [0.2, 0.25) is 0 Å². The van der Waals surface area contributed by atoms with E-state index in [-0.39, 0.29) is 5.82 Å². The van der Waals surface area contributed by atoms with Gasteiger partial charge in [0.15, 0.2) is 0 Å². The molecule has 0 aliphatic heterocycles. The highest BCUT2D eigenvalue weighted by Crippen LogP contribution is 2.17. The van der Waals surface area contributed by atoms with E-state index in [1.54, 1.807) is 30.8 Å². The lowest BCUT2D eigenvalue weighted by Crippen LogP contribution is -2.08. The lowest BCUT2D eigenvalue weighted by Gasteiger charge is -2.08. The number of halogens is 1. The summed E-state index contributed by atoms with van der Waals surface area (Å²) in [6.07, 6.45) is 1.48. The van der Waals surface area contributed by atoms with Crippen LogP contribution in [0.25, 0.3) is 0 Å². The molecule has 0 saturated carbocycles. The summed E-state index contributed by atoms with van der Waals surface area (Å²) in [5.41, 5.74) is 1.12. The summed E-state index contributed by atoms with van der Waals surface area (Å²) >= 11 is 0. The molecule has 0 aliphatic carbocycles. The topological polar surface area (TPSA) is 42.7 Å². The molecule has 84 valence electrons. The quantitative estimate of drug-likeness (QED) is 0.858. The number of rotatable bonds is 3. The summed E-state index contributed by atoms with van der Waals surface area (Å²) in [6, 6.07) is 5.26. The van der Waals surface area contributed by atoms with Gasteiger partial charge in [-0.15, -0.1) is 0 Å². The van der Waals surface area contributed by atoms with Gasteiger partial charge in [-0.25, -0.2) is 9.37 Å². The molecule has 0 bridgehead atoms. The molecule has 1 N–H and O–H groups in total. The van der Waals surface area contributed by atoms with Crippen LogP contribution >= 0.6 is 0 Å². The Balaban J connectivity index is 2.11. The van der Waals surface area contributed by atoms with Crippen molar-refractivity contribution in [3.8, 4) is 0 Å². The van der Waals surface area contributed by atoms with Crippen molar-refractivity contribution in [1.29, 1.82) is 0 Å². The van der Waals surface area contributed by atoms with E-state index in [0.717, 1.165) is 5.82 Å². The molecule has 0 radical (unpaired) electrons. The van der Waals surface area contributed by atoms with Crippen molar-refractivity contribution in [2.24, 2.45) is 7.05 Å². The Morgan fingerprint density at radius 2 is 2.25 bits per heavy atom. The van der Waals surface area contributed by atoms with E-state index in [4.69, 9.17) is 0 Å². The number of aromatic nitrogens is 3. The van der Waals surface area contributed by atoms with Gasteiger partial charge >= 0.3 is 0 Å². The monoisotopic (exact) mass is 220 g/mol. The molecule has 0 saturated heterocycles. The fourth-order valence-corrected chi connectivity index (χ4v) is 1.44. The largest absolute Gasteiger partial charge is 0.375 e. The average molecular weight is 220 g/mol. The molecule has 0 fully saturated rings. The minimum atomic E-state index is -0.218. The van der Waals surface area contributed by atoms with Crippen LogP contribution in [-0.2, 0) is 13.6 Å². The first-order chi connectivity index (χ1) is 7.68. The van der Waals surface area contributed by atoms with E-state index in [1.807, 2.05) is 6.07 Å². The summed E-state index contributed by atoms with van der Waals surface area (Å²) in [5, 5.41) is 6.94. The molecule has 1 heterocycles. The van der Waals surface area contributed by atoms with E-state index >= 15 is 0 Å². The van der Waals surface area contributed by atoms with Crippen LogP contribution in [-0.4, -0.2) is 14.8 Å². The third-order valence-corrected chi connectivity index (χ3v) is 2.43. The van der Waals surface area contributed by atoms with Gasteiger partial charge in [-0.05, 0) is 18.6 Å². The Morgan fingerprint density at radius 1 is 1.44 bits per heavy atom. The highest BCUT2D eigenvalue weighted by molar-refractivity contribution is 5.47. The van der Waals surface area contributed by atoms with Crippen LogP contribution in [0.1, 0.15) is 11.4 Å². The van der Waals surface area contributed by atoms with Crippen LogP contribution in [0.15, 0.2) is 24.5 Å². The Morgan fingerprint density at radius 3 is 2.94 bits per heavy atom. The summed E-state index contributed by atoms with van der Waals surface area (Å²) in [4.78, 5) is 4.05. The minimum Gasteiger partial charge on any atom is -0.375 e. The molecule has 2 aromatic rings. The predicted molar refractivity (Wildman–Crippen MR) is 59.5 cm³/mol. The third-order valence-electron chi connectivity index (χ3n) is 2.43. The molecule has 0 atom stereocenters. The van der Waals surface area contributed by atoms with E-state index in [0.29, 0.717) is 17.8 Å². The smallest absolute Gasteiger partial charge is 0.149 e. The number of anilines is 1. The van der Waals surface area contributed by atoms with E-state index in [9.17, 15) is 4.39 Å². The maximum atomic E-state index is 13.6. The highest BCUT2D eigenvalue weighted by Gasteiger charge is 2.05. The first kappa shape index (κ1) is 10.6. The number of hydrogen-bond donors (Lipinski definition) is 1. The van der Waals surface area contributed by atoms with Gasteiger partial charge in [0, 0.05) is 7.05 Å². The SMILES string of the molecule is Cc1cccc(NCc2ncnn2C)c1F. The Bertz CT molecular complexity index is 492. The van der Waals surface area contributed by atoms with Crippen molar-refractivity contribution in [1.82, 2.24) is 14.8 Å². The van der Waals surface area contributed by atoms with Crippen molar-refractivity contribution in [2.45, 2.75) is 13.5 Å². The Labute approximate surface area is 93.1 Å². The summed E-state index contributed by atoms with van der Waals surface area (Å²) < 4.78 is 15.3. The van der Waals surface area contributed by atoms with Crippen molar-refractivity contribution < 1.29 is 4.39 Å². The lowest BCUT2D eigenvalue weighted by molar-refractivity contribution is 0.619. The second kappa shape index (κ2) is 4.30. The lowest BCUT2D eigenvalue weighted by atomic mass is 10.2. The predicted octanol–water partition coefficient (Wildman–Crippen LogP) is 1.87. The molecule has 0 spiro atoms. The van der Waals surface area contributed by atoms with Gasteiger partial charge in [-0.1, -0.05) is 12.1 Å². The Kier molecular flexibility index (Phi) is 2.85. The summed E-state index contributed by atoms with van der Waals surface area (Å²) in [7, 11) is 1.80. The minimum absolute atomic E-state index is 0.218. The average Bonchev–Trinajstić information content (AvgIpc) is 2.67. The second-order valence-electron chi connectivity index (χ2n) is 3.59. The number of nitrogens with one attached hydrogen (secondary N) is 1. The van der Waals surface area contributed by atoms with Crippen molar-refractivity contribution in [3.05, 3.63) is 41.7 Å². The maximum absolute atomic E-state index is 13.6. The first-order valence-corrected chi connectivity index (χ1v) is 5.00. The molecule has 4 nitrogen and oxygen atoms in total. The summed E-state index contributed by atoms with van der Waals surface area (Å²) in [6.45, 7) is 2.19. The highest BCUT2D eigenvalue weighted by atomic mass is 19.1. The number of hydrogen-bond acceptors (Lipinski definition) is 3. The zero-order chi connectivity index (χ0) is 11.5. The van der Waals surface area contributed by atoms with Crippen molar-refractivity contribution >= 4 is 5.69 Å². The molecular formula is C11H13FN4. The van der Waals surface area contributed by atoms with Gasteiger partial charge < -0.3 is 5.32 Å². The van der Waals surface area contributed by atoms with Crippen molar-refractivity contribution in [2.75, 3.05) is 5.32 Å². The standard InChI is InChI=1S/C11H13FN4/c1-8-4-3-5-9(11(8)12)13-6-10-14-7-15-16(10)2/h3-5,7,13H,6H2,1-2H3. The maximum Gasteiger partial charge on any atom is 0.149 e. The van der Waals surface area contributed by atoms with Crippen LogP contribution < -0.4 is 5.32 Å². The van der Waals surface area contributed by atoms with Crippen molar-refractivity contribution in [3.63, 3.8) is 0 Å². The first-order valence-electron chi connectivity index (χ1n) is 5.00. The van der Waals surface area contributed by atoms with Gasteiger partial charge in [0.05, 0.1) is 12.2 Å². The van der Waals surface area contributed by atoms with Gasteiger partial charge in [0.25, 0.3) is 0 Å². The molecule has 5 heteroatoms. The molecule has 0 amide bonds. The van der Waals surface area contributed by atoms with Crippen LogP contribution in [0.5, 0.6) is 0 Å². The molecular weight excluding hydrogens is 207 g/mol.